The van der Waals surface area contributed by atoms with Crippen LogP contribution in [0.2, 0.25) is 0 Å². The Balaban J connectivity index is 2.02. The fraction of sp³-hybridized carbons (Fsp3) is 0.211. The summed E-state index contributed by atoms with van der Waals surface area (Å²) < 4.78 is 0. The van der Waals surface area contributed by atoms with E-state index in [0.29, 0.717) is 6.04 Å². The van der Waals surface area contributed by atoms with Gasteiger partial charge in [-0.2, -0.15) is 0 Å². The first kappa shape index (κ1) is 12.4. The first-order chi connectivity index (χ1) is 10.3. The zero-order valence-corrected chi connectivity index (χ0v) is 12.4. The van der Waals surface area contributed by atoms with Crippen molar-refractivity contribution in [2.75, 3.05) is 11.9 Å². The second kappa shape index (κ2) is 4.59. The lowest BCUT2D eigenvalue weighted by molar-refractivity contribution is 0.732. The first-order valence-electron chi connectivity index (χ1n) is 7.43. The van der Waals surface area contributed by atoms with Gasteiger partial charge in [-0.3, -0.25) is 4.98 Å². The molecule has 0 aliphatic carbocycles. The van der Waals surface area contributed by atoms with Crippen molar-refractivity contribution in [2.45, 2.75) is 19.4 Å². The molecule has 1 aliphatic rings. The smallest absolute Gasteiger partial charge is 0.0510 e. The zero-order chi connectivity index (χ0) is 14.4. The average Bonchev–Trinajstić information content (AvgIpc) is 2.82. The third-order valence-electron chi connectivity index (χ3n) is 4.60. The minimum absolute atomic E-state index is 0.540. The summed E-state index contributed by atoms with van der Waals surface area (Å²) in [6.45, 7) is 2.27. The van der Waals surface area contributed by atoms with E-state index in [4.69, 9.17) is 0 Å². The Hall–Kier alpha value is -2.35. The summed E-state index contributed by atoms with van der Waals surface area (Å²) >= 11 is 0. The molecule has 21 heavy (non-hydrogen) atoms. The number of rotatable bonds is 1. The predicted molar refractivity (Wildman–Crippen MR) is 88.7 cm³/mol. The summed E-state index contributed by atoms with van der Waals surface area (Å²) in [6, 6.07) is 15.6. The van der Waals surface area contributed by atoms with Crippen LogP contribution in [-0.2, 0) is 6.42 Å². The van der Waals surface area contributed by atoms with Crippen LogP contribution in [0.15, 0.2) is 54.9 Å². The molecular weight excluding hydrogens is 256 g/mol. The summed E-state index contributed by atoms with van der Waals surface area (Å²) in [5.41, 5.74) is 5.22. The maximum atomic E-state index is 4.48. The Morgan fingerprint density at radius 2 is 1.81 bits per heavy atom. The number of benzene rings is 2. The molecule has 3 aromatic rings. The highest BCUT2D eigenvalue weighted by atomic mass is 15.2. The number of fused-ring (bicyclic) bond motifs is 2. The van der Waals surface area contributed by atoms with Crippen LogP contribution in [0.5, 0.6) is 0 Å². The third kappa shape index (κ3) is 1.83. The molecule has 0 spiro atoms. The fourth-order valence-corrected chi connectivity index (χ4v) is 3.40. The van der Waals surface area contributed by atoms with Gasteiger partial charge in [0.2, 0.25) is 0 Å². The number of nitrogens with zero attached hydrogens (tertiary/aromatic N) is 2. The molecule has 0 fully saturated rings. The summed E-state index contributed by atoms with van der Waals surface area (Å²) in [6.07, 6.45) is 5.11. The van der Waals surface area contributed by atoms with Crippen LogP contribution in [0.25, 0.3) is 21.9 Å². The van der Waals surface area contributed by atoms with E-state index in [-0.39, 0.29) is 0 Å². The van der Waals surface area contributed by atoms with E-state index in [1.54, 1.807) is 0 Å². The molecule has 1 aromatic heterocycles. The molecule has 2 heteroatoms. The number of anilines is 1. The molecular formula is C19H18N2. The van der Waals surface area contributed by atoms with Gasteiger partial charge in [0.15, 0.2) is 0 Å². The molecule has 0 radical (unpaired) electrons. The van der Waals surface area contributed by atoms with E-state index in [9.17, 15) is 0 Å². The number of hydrogen-bond acceptors (Lipinski definition) is 2. The molecule has 4 rings (SSSR count). The van der Waals surface area contributed by atoms with Crippen molar-refractivity contribution in [2.24, 2.45) is 0 Å². The van der Waals surface area contributed by atoms with Gasteiger partial charge in [0.1, 0.15) is 0 Å². The van der Waals surface area contributed by atoms with Crippen molar-refractivity contribution >= 4 is 16.5 Å². The zero-order valence-electron chi connectivity index (χ0n) is 12.4. The second-order valence-corrected chi connectivity index (χ2v) is 5.89. The molecule has 0 bridgehead atoms. The SMILES string of the molecule is CC1Cc2cncc(-c3cccc4ccccc34)c2N1C. The van der Waals surface area contributed by atoms with Crippen LogP contribution in [0.3, 0.4) is 0 Å². The summed E-state index contributed by atoms with van der Waals surface area (Å²) in [5.74, 6) is 0. The molecule has 2 aromatic carbocycles. The van der Waals surface area contributed by atoms with Gasteiger partial charge in [0.25, 0.3) is 0 Å². The quantitative estimate of drug-likeness (QED) is 0.658. The number of pyridine rings is 1. The number of hydrogen-bond donors (Lipinski definition) is 0. The van der Waals surface area contributed by atoms with Gasteiger partial charge in [-0.1, -0.05) is 42.5 Å². The molecule has 0 saturated carbocycles. The van der Waals surface area contributed by atoms with E-state index in [1.807, 2.05) is 12.4 Å². The normalized spacial score (nSPS) is 17.2. The molecule has 1 aliphatic heterocycles. The Morgan fingerprint density at radius 3 is 2.71 bits per heavy atom. The topological polar surface area (TPSA) is 16.1 Å². The molecule has 104 valence electrons. The summed E-state index contributed by atoms with van der Waals surface area (Å²) in [4.78, 5) is 6.86. The molecule has 1 atom stereocenters. The Labute approximate surface area is 125 Å². The van der Waals surface area contributed by atoms with Gasteiger partial charge in [-0.15, -0.1) is 0 Å². The fourth-order valence-electron chi connectivity index (χ4n) is 3.40. The van der Waals surface area contributed by atoms with Crippen LogP contribution < -0.4 is 4.90 Å². The van der Waals surface area contributed by atoms with Crippen LogP contribution >= 0.6 is 0 Å². The first-order valence-corrected chi connectivity index (χ1v) is 7.43. The highest BCUT2D eigenvalue weighted by Crippen LogP contribution is 2.41. The van der Waals surface area contributed by atoms with Crippen molar-refractivity contribution < 1.29 is 0 Å². The maximum Gasteiger partial charge on any atom is 0.0510 e. The molecule has 1 unspecified atom stereocenters. The van der Waals surface area contributed by atoms with Gasteiger partial charge in [0, 0.05) is 31.0 Å². The molecule has 0 N–H and O–H groups in total. The van der Waals surface area contributed by atoms with Crippen LogP contribution in [0.4, 0.5) is 5.69 Å². The Morgan fingerprint density at radius 1 is 1.00 bits per heavy atom. The number of aromatic nitrogens is 1. The van der Waals surface area contributed by atoms with E-state index < -0.39 is 0 Å². The third-order valence-corrected chi connectivity index (χ3v) is 4.60. The Bertz CT molecular complexity index is 817. The van der Waals surface area contributed by atoms with Crippen molar-refractivity contribution in [3.63, 3.8) is 0 Å². The highest BCUT2D eigenvalue weighted by Gasteiger charge is 2.26. The van der Waals surface area contributed by atoms with Crippen molar-refractivity contribution in [3.05, 3.63) is 60.4 Å². The van der Waals surface area contributed by atoms with E-state index >= 15 is 0 Å². The Kier molecular flexibility index (Phi) is 2.71. The van der Waals surface area contributed by atoms with Gasteiger partial charge >= 0.3 is 0 Å². The minimum atomic E-state index is 0.540. The molecule has 2 nitrogen and oxygen atoms in total. The minimum Gasteiger partial charge on any atom is -0.371 e. The molecule has 0 amide bonds. The summed E-state index contributed by atoms with van der Waals surface area (Å²) in [7, 11) is 2.19. The van der Waals surface area contributed by atoms with Crippen molar-refractivity contribution in [1.82, 2.24) is 4.98 Å². The van der Waals surface area contributed by atoms with Gasteiger partial charge < -0.3 is 4.90 Å². The monoisotopic (exact) mass is 274 g/mol. The lowest BCUT2D eigenvalue weighted by Gasteiger charge is -2.21. The van der Waals surface area contributed by atoms with Gasteiger partial charge in [-0.05, 0) is 35.2 Å². The lowest BCUT2D eigenvalue weighted by atomic mass is 9.97. The van der Waals surface area contributed by atoms with E-state index in [2.05, 4.69) is 66.3 Å². The van der Waals surface area contributed by atoms with Crippen LogP contribution in [-0.4, -0.2) is 18.1 Å². The maximum absolute atomic E-state index is 4.48. The highest BCUT2D eigenvalue weighted by molar-refractivity contribution is 6.00. The van der Waals surface area contributed by atoms with Gasteiger partial charge in [0.05, 0.1) is 5.69 Å². The standard InChI is InChI=1S/C19H18N2/c1-13-10-15-11-20-12-18(19(15)21(13)2)17-9-5-7-14-6-3-4-8-16(14)17/h3-9,11-13H,10H2,1-2H3. The molecule has 2 heterocycles. The van der Waals surface area contributed by atoms with Crippen molar-refractivity contribution in [1.29, 1.82) is 0 Å². The van der Waals surface area contributed by atoms with Crippen molar-refractivity contribution in [3.8, 4) is 11.1 Å². The number of likely N-dealkylation sites (N-methyl/N-ethyl adjacent to an activating group) is 1. The average molecular weight is 274 g/mol. The van der Waals surface area contributed by atoms with Gasteiger partial charge in [-0.25, -0.2) is 0 Å². The molecule has 0 saturated heterocycles. The lowest BCUT2D eigenvalue weighted by Crippen LogP contribution is -2.24. The largest absolute Gasteiger partial charge is 0.371 e. The summed E-state index contributed by atoms with van der Waals surface area (Å²) in [5, 5.41) is 2.57. The second-order valence-electron chi connectivity index (χ2n) is 5.89. The van der Waals surface area contributed by atoms with Crippen LogP contribution in [0, 0.1) is 0 Å². The van der Waals surface area contributed by atoms with E-state index in [1.165, 1.54) is 33.2 Å². The van der Waals surface area contributed by atoms with E-state index in [0.717, 1.165) is 6.42 Å². The predicted octanol–water partition coefficient (Wildman–Crippen LogP) is 4.28. The van der Waals surface area contributed by atoms with Crippen LogP contribution in [0.1, 0.15) is 12.5 Å².